The highest BCUT2D eigenvalue weighted by Gasteiger charge is 2.48. The number of epoxide rings is 1. The Labute approximate surface area is 106 Å². The van der Waals surface area contributed by atoms with Crippen LogP contribution in [-0.2, 0) is 9.53 Å². The van der Waals surface area contributed by atoms with Crippen LogP contribution in [0.15, 0.2) is 24.3 Å². The Hall–Kier alpha value is -1.55. The highest BCUT2D eigenvalue weighted by Crippen LogP contribution is 2.39. The molecular formula is C14H17NO3. The minimum absolute atomic E-state index is 0.0877. The number of para-hydroxylation sites is 2. The molecule has 96 valence electrons. The van der Waals surface area contributed by atoms with Crippen molar-refractivity contribution >= 4 is 11.6 Å². The second kappa shape index (κ2) is 4.61. The Bertz CT molecular complexity index is 460. The van der Waals surface area contributed by atoms with Crippen LogP contribution in [0.5, 0.6) is 5.75 Å². The highest BCUT2D eigenvalue weighted by molar-refractivity contribution is 5.90. The lowest BCUT2D eigenvalue weighted by molar-refractivity contribution is -0.114. The summed E-state index contributed by atoms with van der Waals surface area (Å²) in [6.45, 7) is 1.50. The molecule has 1 saturated carbocycles. The number of rotatable bonds is 3. The van der Waals surface area contributed by atoms with E-state index < -0.39 is 0 Å². The van der Waals surface area contributed by atoms with Crippen molar-refractivity contribution in [2.24, 2.45) is 0 Å². The molecule has 3 rings (SSSR count). The topological polar surface area (TPSA) is 50.9 Å². The normalized spacial score (nSPS) is 29.3. The lowest BCUT2D eigenvalue weighted by atomic mass is 9.98. The fourth-order valence-corrected chi connectivity index (χ4v) is 2.55. The van der Waals surface area contributed by atoms with Crippen molar-refractivity contribution in [2.75, 3.05) is 5.32 Å². The van der Waals surface area contributed by atoms with Crippen molar-refractivity contribution in [1.29, 1.82) is 0 Å². The summed E-state index contributed by atoms with van der Waals surface area (Å²) in [5.74, 6) is 0.643. The molecule has 2 aliphatic rings. The number of hydrogen-bond acceptors (Lipinski definition) is 3. The van der Waals surface area contributed by atoms with E-state index in [1.807, 2.05) is 24.3 Å². The molecule has 1 N–H and O–H groups in total. The predicted octanol–water partition coefficient (Wildman–Crippen LogP) is 2.34. The third-order valence-corrected chi connectivity index (χ3v) is 3.44. The molecule has 1 aromatic rings. The van der Waals surface area contributed by atoms with Crippen molar-refractivity contribution in [2.45, 2.75) is 44.5 Å². The molecule has 1 saturated heterocycles. The maximum absolute atomic E-state index is 11.1. The van der Waals surface area contributed by atoms with Crippen molar-refractivity contribution < 1.29 is 14.3 Å². The number of carbonyl (C=O) groups is 1. The van der Waals surface area contributed by atoms with Gasteiger partial charge in [0.15, 0.2) is 0 Å². The smallest absolute Gasteiger partial charge is 0.221 e. The lowest BCUT2D eigenvalue weighted by Gasteiger charge is -2.21. The first-order chi connectivity index (χ1) is 8.74. The molecule has 0 spiro atoms. The van der Waals surface area contributed by atoms with Crippen molar-refractivity contribution in [3.05, 3.63) is 24.3 Å². The van der Waals surface area contributed by atoms with E-state index in [0.29, 0.717) is 6.10 Å². The summed E-state index contributed by atoms with van der Waals surface area (Å²) in [6, 6.07) is 7.53. The second-order valence-electron chi connectivity index (χ2n) is 4.90. The van der Waals surface area contributed by atoms with Gasteiger partial charge in [0.1, 0.15) is 18.0 Å². The Morgan fingerprint density at radius 3 is 3.06 bits per heavy atom. The molecule has 2 fully saturated rings. The molecule has 1 aliphatic carbocycles. The molecule has 1 amide bonds. The molecule has 3 unspecified atom stereocenters. The highest BCUT2D eigenvalue weighted by atomic mass is 16.6. The van der Waals surface area contributed by atoms with E-state index in [2.05, 4.69) is 5.32 Å². The van der Waals surface area contributed by atoms with Gasteiger partial charge in [-0.25, -0.2) is 0 Å². The summed E-state index contributed by atoms with van der Waals surface area (Å²) < 4.78 is 11.6. The molecule has 4 heteroatoms. The van der Waals surface area contributed by atoms with Gasteiger partial charge in [-0.3, -0.25) is 4.79 Å². The molecule has 3 atom stereocenters. The van der Waals surface area contributed by atoms with Gasteiger partial charge in [-0.15, -0.1) is 0 Å². The minimum Gasteiger partial charge on any atom is -0.485 e. The Morgan fingerprint density at radius 1 is 1.39 bits per heavy atom. The van der Waals surface area contributed by atoms with Crippen LogP contribution < -0.4 is 10.1 Å². The van der Waals surface area contributed by atoms with Crippen molar-refractivity contribution in [3.8, 4) is 5.75 Å². The second-order valence-corrected chi connectivity index (χ2v) is 4.90. The first-order valence-electron chi connectivity index (χ1n) is 6.43. The van der Waals surface area contributed by atoms with E-state index in [4.69, 9.17) is 9.47 Å². The Kier molecular flexibility index (Phi) is 2.96. The molecular weight excluding hydrogens is 230 g/mol. The summed E-state index contributed by atoms with van der Waals surface area (Å²) in [5, 5.41) is 2.79. The van der Waals surface area contributed by atoms with Gasteiger partial charge in [-0.1, -0.05) is 12.1 Å². The quantitative estimate of drug-likeness (QED) is 0.834. The zero-order valence-corrected chi connectivity index (χ0v) is 10.4. The molecule has 4 nitrogen and oxygen atoms in total. The van der Waals surface area contributed by atoms with Crippen LogP contribution in [-0.4, -0.2) is 24.2 Å². The zero-order valence-electron chi connectivity index (χ0n) is 10.4. The first-order valence-corrected chi connectivity index (χ1v) is 6.43. The summed E-state index contributed by atoms with van der Waals surface area (Å²) in [5.41, 5.74) is 0.729. The first kappa shape index (κ1) is 11.5. The maximum atomic E-state index is 11.1. The number of fused-ring (bicyclic) bond motifs is 1. The van der Waals surface area contributed by atoms with Crippen molar-refractivity contribution in [3.63, 3.8) is 0 Å². The van der Waals surface area contributed by atoms with Crippen LogP contribution in [0.3, 0.4) is 0 Å². The molecule has 1 aliphatic heterocycles. The lowest BCUT2D eigenvalue weighted by Crippen LogP contribution is -2.28. The van der Waals surface area contributed by atoms with E-state index in [9.17, 15) is 4.79 Å². The largest absolute Gasteiger partial charge is 0.485 e. The van der Waals surface area contributed by atoms with Crippen LogP contribution in [0.4, 0.5) is 5.69 Å². The molecule has 0 radical (unpaired) electrons. The zero-order chi connectivity index (χ0) is 12.5. The van der Waals surface area contributed by atoms with Gasteiger partial charge in [0.25, 0.3) is 0 Å². The molecule has 0 bridgehead atoms. The average molecular weight is 247 g/mol. The number of anilines is 1. The SMILES string of the molecule is CC(=O)Nc1ccccc1OC1CCCC2OC12. The van der Waals surface area contributed by atoms with Crippen LogP contribution in [0.25, 0.3) is 0 Å². The van der Waals surface area contributed by atoms with Gasteiger partial charge >= 0.3 is 0 Å². The van der Waals surface area contributed by atoms with Crippen molar-refractivity contribution in [1.82, 2.24) is 0 Å². The number of hydrogen-bond donors (Lipinski definition) is 1. The van der Waals surface area contributed by atoms with Gasteiger partial charge in [0.05, 0.1) is 11.8 Å². The predicted molar refractivity (Wildman–Crippen MR) is 67.7 cm³/mol. The van der Waals surface area contributed by atoms with E-state index >= 15 is 0 Å². The number of carbonyl (C=O) groups excluding carboxylic acids is 1. The molecule has 1 heterocycles. The van der Waals surface area contributed by atoms with Crippen LogP contribution in [0.2, 0.25) is 0 Å². The van der Waals surface area contributed by atoms with Gasteiger partial charge in [0.2, 0.25) is 5.91 Å². The van der Waals surface area contributed by atoms with E-state index in [0.717, 1.165) is 30.7 Å². The maximum Gasteiger partial charge on any atom is 0.221 e. The summed E-state index contributed by atoms with van der Waals surface area (Å²) in [4.78, 5) is 11.1. The van der Waals surface area contributed by atoms with Crippen LogP contribution >= 0.6 is 0 Å². The van der Waals surface area contributed by atoms with Gasteiger partial charge in [-0.05, 0) is 31.4 Å². The van der Waals surface area contributed by atoms with E-state index in [1.165, 1.54) is 6.92 Å². The Balaban J connectivity index is 1.73. The monoisotopic (exact) mass is 247 g/mol. The van der Waals surface area contributed by atoms with Crippen LogP contribution in [0.1, 0.15) is 26.2 Å². The molecule has 0 aromatic heterocycles. The standard InChI is InChI=1S/C14H17NO3/c1-9(16)15-10-5-2-3-6-11(10)17-12-7-4-8-13-14(12)18-13/h2-3,5-6,12-14H,4,7-8H2,1H3,(H,15,16). The third-order valence-electron chi connectivity index (χ3n) is 3.44. The number of nitrogens with one attached hydrogen (secondary N) is 1. The summed E-state index contributed by atoms with van der Waals surface area (Å²) in [6.07, 6.45) is 4.10. The minimum atomic E-state index is -0.0877. The number of amides is 1. The fourth-order valence-electron chi connectivity index (χ4n) is 2.55. The van der Waals surface area contributed by atoms with E-state index in [-0.39, 0.29) is 18.1 Å². The number of benzene rings is 1. The van der Waals surface area contributed by atoms with Crippen LogP contribution in [0, 0.1) is 0 Å². The summed E-state index contributed by atoms with van der Waals surface area (Å²) in [7, 11) is 0. The van der Waals surface area contributed by atoms with E-state index in [1.54, 1.807) is 0 Å². The average Bonchev–Trinajstić information content (AvgIpc) is 3.11. The van der Waals surface area contributed by atoms with Gasteiger partial charge in [-0.2, -0.15) is 0 Å². The number of ether oxygens (including phenoxy) is 2. The molecule has 18 heavy (non-hydrogen) atoms. The van der Waals surface area contributed by atoms with Gasteiger partial charge in [0, 0.05) is 6.92 Å². The fraction of sp³-hybridized carbons (Fsp3) is 0.500. The Morgan fingerprint density at radius 2 is 2.22 bits per heavy atom. The third kappa shape index (κ3) is 2.34. The molecule has 1 aromatic carbocycles. The van der Waals surface area contributed by atoms with Gasteiger partial charge < -0.3 is 14.8 Å². The summed E-state index contributed by atoms with van der Waals surface area (Å²) >= 11 is 0.